The highest BCUT2D eigenvalue weighted by molar-refractivity contribution is 7.89. The number of sulfonamides is 1. The van der Waals surface area contributed by atoms with Gasteiger partial charge in [-0.3, -0.25) is 4.79 Å². The fourth-order valence-corrected chi connectivity index (χ4v) is 4.29. The SMILES string of the molecule is CCN(CC)S(=O)(=O)c1cc(C(=O)Nc2cc(F)ccc2C)ccc1OC. The van der Waals surface area contributed by atoms with Gasteiger partial charge in [-0.1, -0.05) is 19.9 Å². The molecule has 1 amide bonds. The first-order valence-electron chi connectivity index (χ1n) is 8.50. The van der Waals surface area contributed by atoms with Crippen LogP contribution in [0.2, 0.25) is 0 Å². The second-order valence-corrected chi connectivity index (χ2v) is 7.77. The number of halogens is 1. The lowest BCUT2D eigenvalue weighted by atomic mass is 10.1. The highest BCUT2D eigenvalue weighted by Gasteiger charge is 2.27. The largest absolute Gasteiger partial charge is 0.495 e. The maximum absolute atomic E-state index is 13.4. The number of carbonyl (C=O) groups is 1. The molecule has 0 heterocycles. The lowest BCUT2D eigenvalue weighted by Crippen LogP contribution is -2.31. The highest BCUT2D eigenvalue weighted by atomic mass is 32.2. The molecule has 6 nitrogen and oxygen atoms in total. The minimum Gasteiger partial charge on any atom is -0.495 e. The van der Waals surface area contributed by atoms with Crippen LogP contribution in [0.1, 0.15) is 29.8 Å². The molecule has 0 aliphatic carbocycles. The average Bonchev–Trinajstić information content (AvgIpc) is 2.64. The minimum absolute atomic E-state index is 0.0858. The second-order valence-electron chi connectivity index (χ2n) is 5.87. The average molecular weight is 394 g/mol. The number of hydrogen-bond donors (Lipinski definition) is 1. The second kappa shape index (κ2) is 8.49. The highest BCUT2D eigenvalue weighted by Crippen LogP contribution is 2.28. The first kappa shape index (κ1) is 20.9. The van der Waals surface area contributed by atoms with Crippen molar-refractivity contribution in [1.82, 2.24) is 4.31 Å². The number of amides is 1. The van der Waals surface area contributed by atoms with Crippen LogP contribution >= 0.6 is 0 Å². The number of benzene rings is 2. The molecule has 0 atom stereocenters. The van der Waals surface area contributed by atoms with Crippen LogP contribution in [0, 0.1) is 12.7 Å². The Bertz CT molecular complexity index is 941. The van der Waals surface area contributed by atoms with Crippen molar-refractivity contribution in [2.45, 2.75) is 25.7 Å². The fraction of sp³-hybridized carbons (Fsp3) is 0.316. The van der Waals surface area contributed by atoms with Crippen LogP contribution in [0.15, 0.2) is 41.3 Å². The molecule has 2 aromatic carbocycles. The van der Waals surface area contributed by atoms with Crippen LogP contribution < -0.4 is 10.1 Å². The number of anilines is 1. The maximum atomic E-state index is 13.4. The van der Waals surface area contributed by atoms with E-state index in [0.717, 1.165) is 0 Å². The molecule has 1 N–H and O–H groups in total. The van der Waals surface area contributed by atoms with Crippen molar-refractivity contribution in [2.24, 2.45) is 0 Å². The van der Waals surface area contributed by atoms with Crippen molar-refractivity contribution in [1.29, 1.82) is 0 Å². The van der Waals surface area contributed by atoms with Gasteiger partial charge in [-0.15, -0.1) is 0 Å². The molecule has 0 aliphatic rings. The Hall–Kier alpha value is -2.45. The molecule has 0 fully saturated rings. The van der Waals surface area contributed by atoms with Crippen molar-refractivity contribution in [3.05, 3.63) is 53.3 Å². The predicted molar refractivity (Wildman–Crippen MR) is 102 cm³/mol. The molecule has 0 aromatic heterocycles. The summed E-state index contributed by atoms with van der Waals surface area (Å²) in [6.45, 7) is 5.79. The number of nitrogens with zero attached hydrogens (tertiary/aromatic N) is 1. The van der Waals surface area contributed by atoms with Crippen molar-refractivity contribution in [3.63, 3.8) is 0 Å². The third-order valence-corrected chi connectivity index (χ3v) is 6.27. The zero-order chi connectivity index (χ0) is 20.2. The molecule has 0 radical (unpaired) electrons. The van der Waals surface area contributed by atoms with Crippen molar-refractivity contribution in [2.75, 3.05) is 25.5 Å². The minimum atomic E-state index is -3.82. The van der Waals surface area contributed by atoms with E-state index in [4.69, 9.17) is 4.74 Å². The van der Waals surface area contributed by atoms with Gasteiger partial charge in [-0.2, -0.15) is 4.31 Å². The van der Waals surface area contributed by atoms with E-state index in [0.29, 0.717) is 24.3 Å². The predicted octanol–water partition coefficient (Wildman–Crippen LogP) is 3.43. The van der Waals surface area contributed by atoms with Crippen molar-refractivity contribution in [3.8, 4) is 5.75 Å². The quantitative estimate of drug-likeness (QED) is 0.781. The summed E-state index contributed by atoms with van der Waals surface area (Å²) in [5, 5.41) is 2.61. The number of aryl methyl sites for hydroxylation is 1. The summed E-state index contributed by atoms with van der Waals surface area (Å²) in [4.78, 5) is 12.5. The van der Waals surface area contributed by atoms with Gasteiger partial charge in [-0.25, -0.2) is 12.8 Å². The fourth-order valence-electron chi connectivity index (χ4n) is 2.65. The van der Waals surface area contributed by atoms with Crippen LogP contribution in [0.5, 0.6) is 5.75 Å². The standard InChI is InChI=1S/C19H23FN2O4S/c1-5-22(6-2)27(24,25)18-11-14(8-10-17(18)26-4)19(23)21-16-12-15(20)9-7-13(16)3/h7-12H,5-6H2,1-4H3,(H,21,23). The number of nitrogens with one attached hydrogen (secondary N) is 1. The van der Waals surface area contributed by atoms with Crippen LogP contribution in [0.25, 0.3) is 0 Å². The van der Waals surface area contributed by atoms with E-state index in [2.05, 4.69) is 5.32 Å². The zero-order valence-electron chi connectivity index (χ0n) is 15.7. The van der Waals surface area contributed by atoms with Gasteiger partial charge < -0.3 is 10.1 Å². The van der Waals surface area contributed by atoms with Gasteiger partial charge >= 0.3 is 0 Å². The summed E-state index contributed by atoms with van der Waals surface area (Å²) in [6, 6.07) is 8.23. The molecule has 2 rings (SSSR count). The molecule has 8 heteroatoms. The number of rotatable bonds is 7. The Morgan fingerprint density at radius 1 is 1.15 bits per heavy atom. The van der Waals surface area contributed by atoms with Crippen molar-refractivity contribution < 1.29 is 22.3 Å². The van der Waals surface area contributed by atoms with Crippen LogP contribution in [-0.4, -0.2) is 38.8 Å². The van der Waals surface area contributed by atoms with Gasteiger partial charge in [-0.05, 0) is 42.8 Å². The summed E-state index contributed by atoms with van der Waals surface area (Å²) < 4.78 is 45.6. The Morgan fingerprint density at radius 3 is 2.41 bits per heavy atom. The molecule has 0 saturated heterocycles. The van der Waals surface area contributed by atoms with E-state index in [9.17, 15) is 17.6 Å². The molecule has 2 aromatic rings. The third-order valence-electron chi connectivity index (χ3n) is 4.20. The molecule has 146 valence electrons. The summed E-state index contributed by atoms with van der Waals surface area (Å²) in [7, 11) is -2.45. The van der Waals surface area contributed by atoms with E-state index in [-0.39, 0.29) is 16.2 Å². The molecule has 27 heavy (non-hydrogen) atoms. The molecular weight excluding hydrogens is 371 g/mol. The van der Waals surface area contributed by atoms with Crippen LogP contribution in [0.4, 0.5) is 10.1 Å². The lowest BCUT2D eigenvalue weighted by molar-refractivity contribution is 0.102. The Kier molecular flexibility index (Phi) is 6.56. The van der Waals surface area contributed by atoms with Crippen molar-refractivity contribution >= 4 is 21.6 Å². The Labute approximate surface area is 159 Å². The topological polar surface area (TPSA) is 75.7 Å². The van der Waals surface area contributed by atoms with E-state index < -0.39 is 21.7 Å². The maximum Gasteiger partial charge on any atom is 0.255 e. The molecule has 0 aliphatic heterocycles. The summed E-state index contributed by atoms with van der Waals surface area (Å²) in [5.74, 6) is -0.863. The summed E-state index contributed by atoms with van der Waals surface area (Å²) >= 11 is 0. The Balaban J connectivity index is 2.44. The molecular formula is C19H23FN2O4S. The number of ether oxygens (including phenoxy) is 1. The number of hydrogen-bond acceptors (Lipinski definition) is 4. The van der Waals surface area contributed by atoms with E-state index in [1.54, 1.807) is 26.8 Å². The molecule has 0 spiro atoms. The lowest BCUT2D eigenvalue weighted by Gasteiger charge is -2.20. The van der Waals surface area contributed by atoms with E-state index in [1.165, 1.54) is 41.7 Å². The Morgan fingerprint density at radius 2 is 1.81 bits per heavy atom. The molecule has 0 unspecified atom stereocenters. The number of methoxy groups -OCH3 is 1. The monoisotopic (exact) mass is 394 g/mol. The first-order valence-corrected chi connectivity index (χ1v) is 9.94. The van der Waals surface area contributed by atoms with E-state index in [1.807, 2.05) is 0 Å². The third kappa shape index (κ3) is 4.45. The van der Waals surface area contributed by atoms with Gasteiger partial charge in [0, 0.05) is 24.3 Å². The smallest absolute Gasteiger partial charge is 0.255 e. The van der Waals surface area contributed by atoms with Gasteiger partial charge in [0.1, 0.15) is 16.5 Å². The summed E-state index contributed by atoms with van der Waals surface area (Å²) in [6.07, 6.45) is 0. The van der Waals surface area contributed by atoms with Gasteiger partial charge in [0.15, 0.2) is 0 Å². The van der Waals surface area contributed by atoms with Gasteiger partial charge in [0.25, 0.3) is 5.91 Å². The normalized spacial score (nSPS) is 11.5. The first-order chi connectivity index (χ1) is 12.7. The van der Waals surface area contributed by atoms with Crippen LogP contribution in [0.3, 0.4) is 0 Å². The van der Waals surface area contributed by atoms with Crippen LogP contribution in [-0.2, 0) is 10.0 Å². The van der Waals surface area contributed by atoms with E-state index >= 15 is 0 Å². The molecule has 0 saturated carbocycles. The van der Waals surface area contributed by atoms with Gasteiger partial charge in [0.05, 0.1) is 7.11 Å². The zero-order valence-corrected chi connectivity index (χ0v) is 16.6. The molecule has 0 bridgehead atoms. The van der Waals surface area contributed by atoms with Gasteiger partial charge in [0.2, 0.25) is 10.0 Å². The number of carbonyl (C=O) groups excluding carboxylic acids is 1. The summed E-state index contributed by atoms with van der Waals surface area (Å²) in [5.41, 5.74) is 1.14.